The van der Waals surface area contributed by atoms with E-state index in [1.54, 1.807) is 0 Å². The van der Waals surface area contributed by atoms with E-state index in [4.69, 9.17) is 4.74 Å². The fourth-order valence-corrected chi connectivity index (χ4v) is 3.10. The first-order valence-corrected chi connectivity index (χ1v) is 7.83. The highest BCUT2D eigenvalue weighted by Gasteiger charge is 2.32. The molecule has 4 nitrogen and oxygen atoms in total. The molecule has 1 atom stereocenters. The summed E-state index contributed by atoms with van der Waals surface area (Å²) in [5.74, 6) is 0.895. The summed E-state index contributed by atoms with van der Waals surface area (Å²) in [7, 11) is 0. The molecule has 2 aliphatic heterocycles. The average Bonchev–Trinajstić information content (AvgIpc) is 2.67. The predicted molar refractivity (Wildman–Crippen MR) is 83.6 cm³/mol. The van der Waals surface area contributed by atoms with Crippen molar-refractivity contribution in [3.8, 4) is 5.75 Å². The molecule has 0 saturated carbocycles. The second kappa shape index (κ2) is 5.58. The van der Waals surface area contributed by atoms with E-state index in [0.717, 1.165) is 37.4 Å². The number of carbonyl (C=O) groups is 1. The monoisotopic (exact) mass is 288 g/mol. The third-order valence-electron chi connectivity index (χ3n) is 4.56. The Kier molecular flexibility index (Phi) is 3.79. The lowest BCUT2D eigenvalue weighted by Gasteiger charge is -2.31. The van der Waals surface area contributed by atoms with Gasteiger partial charge in [-0.3, -0.25) is 4.79 Å². The minimum Gasteiger partial charge on any atom is -0.477 e. The number of hydrogen-bond donors (Lipinski definition) is 1. The Morgan fingerprint density at radius 1 is 1.29 bits per heavy atom. The Labute approximate surface area is 126 Å². The van der Waals surface area contributed by atoms with Crippen LogP contribution in [0.5, 0.6) is 5.75 Å². The predicted octanol–water partition coefficient (Wildman–Crippen LogP) is 2.90. The number of amides is 1. The molecule has 3 rings (SSSR count). The third-order valence-corrected chi connectivity index (χ3v) is 4.56. The second-order valence-corrected chi connectivity index (χ2v) is 6.83. The standard InChI is InChI=1S/C17H24N2O2/c1-17(2)8-5-10-19(11-9-17)16(20)15-12-18-13-6-3-4-7-14(13)21-15/h3-4,6-7,15,18H,5,8-12H2,1-2H3. The summed E-state index contributed by atoms with van der Waals surface area (Å²) in [5, 5.41) is 3.29. The maximum atomic E-state index is 12.7. The fourth-order valence-electron chi connectivity index (χ4n) is 3.10. The topological polar surface area (TPSA) is 41.6 Å². The Bertz CT molecular complexity index is 527. The van der Waals surface area contributed by atoms with Crippen LogP contribution in [0.4, 0.5) is 5.69 Å². The lowest BCUT2D eigenvalue weighted by Crippen LogP contribution is -2.47. The molecule has 0 spiro atoms. The van der Waals surface area contributed by atoms with E-state index < -0.39 is 6.10 Å². The van der Waals surface area contributed by atoms with Gasteiger partial charge in [0.1, 0.15) is 5.75 Å². The van der Waals surface area contributed by atoms with Crippen molar-refractivity contribution in [3.63, 3.8) is 0 Å². The quantitative estimate of drug-likeness (QED) is 0.864. The highest BCUT2D eigenvalue weighted by atomic mass is 16.5. The number of benzene rings is 1. The van der Waals surface area contributed by atoms with Gasteiger partial charge in [-0.15, -0.1) is 0 Å². The van der Waals surface area contributed by atoms with Gasteiger partial charge in [0.25, 0.3) is 5.91 Å². The average molecular weight is 288 g/mol. The molecule has 2 heterocycles. The van der Waals surface area contributed by atoms with Crippen LogP contribution in [-0.4, -0.2) is 36.5 Å². The van der Waals surface area contributed by atoms with Gasteiger partial charge in [-0.25, -0.2) is 0 Å². The molecule has 1 aromatic rings. The lowest BCUT2D eigenvalue weighted by molar-refractivity contribution is -0.138. The van der Waals surface area contributed by atoms with E-state index in [2.05, 4.69) is 19.2 Å². The van der Waals surface area contributed by atoms with Gasteiger partial charge in [0.15, 0.2) is 6.10 Å². The molecule has 1 saturated heterocycles. The van der Waals surface area contributed by atoms with Crippen molar-refractivity contribution in [2.24, 2.45) is 5.41 Å². The summed E-state index contributed by atoms with van der Waals surface area (Å²) in [5.41, 5.74) is 1.31. The number of fused-ring (bicyclic) bond motifs is 1. The van der Waals surface area contributed by atoms with Crippen LogP contribution in [0.1, 0.15) is 33.1 Å². The number of anilines is 1. The molecule has 0 aliphatic carbocycles. The van der Waals surface area contributed by atoms with Crippen molar-refractivity contribution in [3.05, 3.63) is 24.3 Å². The van der Waals surface area contributed by atoms with Crippen molar-refractivity contribution in [2.45, 2.75) is 39.2 Å². The first-order valence-electron chi connectivity index (χ1n) is 7.83. The van der Waals surface area contributed by atoms with Gasteiger partial charge in [0.2, 0.25) is 0 Å². The van der Waals surface area contributed by atoms with E-state index in [9.17, 15) is 4.79 Å². The van der Waals surface area contributed by atoms with E-state index in [0.29, 0.717) is 12.0 Å². The van der Waals surface area contributed by atoms with E-state index in [-0.39, 0.29) is 5.91 Å². The number of ether oxygens (including phenoxy) is 1. The maximum absolute atomic E-state index is 12.7. The van der Waals surface area contributed by atoms with Gasteiger partial charge in [-0.1, -0.05) is 26.0 Å². The molecule has 21 heavy (non-hydrogen) atoms. The van der Waals surface area contributed by atoms with Crippen molar-refractivity contribution in [2.75, 3.05) is 25.0 Å². The van der Waals surface area contributed by atoms with Crippen molar-refractivity contribution >= 4 is 11.6 Å². The van der Waals surface area contributed by atoms with Gasteiger partial charge < -0.3 is 15.0 Å². The smallest absolute Gasteiger partial charge is 0.265 e. The molecule has 2 aliphatic rings. The molecular weight excluding hydrogens is 264 g/mol. The SMILES string of the molecule is CC1(C)CCCN(C(=O)C2CNc3ccccc3O2)CC1. The first-order chi connectivity index (χ1) is 10.1. The van der Waals surface area contributed by atoms with Crippen LogP contribution in [0, 0.1) is 5.41 Å². The minimum absolute atomic E-state index is 0.120. The summed E-state index contributed by atoms with van der Waals surface area (Å²) in [6.07, 6.45) is 2.93. The zero-order chi connectivity index (χ0) is 14.9. The number of para-hydroxylation sites is 2. The van der Waals surface area contributed by atoms with Gasteiger partial charge >= 0.3 is 0 Å². The summed E-state index contributed by atoms with van der Waals surface area (Å²) >= 11 is 0. The summed E-state index contributed by atoms with van der Waals surface area (Å²) < 4.78 is 5.89. The third kappa shape index (κ3) is 3.14. The second-order valence-electron chi connectivity index (χ2n) is 6.83. The van der Waals surface area contributed by atoms with Gasteiger partial charge in [-0.2, -0.15) is 0 Å². The molecule has 4 heteroatoms. The molecule has 1 unspecified atom stereocenters. The maximum Gasteiger partial charge on any atom is 0.265 e. The number of likely N-dealkylation sites (tertiary alicyclic amines) is 1. The van der Waals surface area contributed by atoms with E-state index in [1.165, 1.54) is 6.42 Å². The van der Waals surface area contributed by atoms with Crippen LogP contribution >= 0.6 is 0 Å². The van der Waals surface area contributed by atoms with Crippen LogP contribution < -0.4 is 10.1 Å². The molecule has 1 N–H and O–H groups in total. The number of rotatable bonds is 1. The van der Waals surface area contributed by atoms with Crippen LogP contribution in [0.25, 0.3) is 0 Å². The number of hydrogen-bond acceptors (Lipinski definition) is 3. The van der Waals surface area contributed by atoms with E-state index in [1.807, 2.05) is 29.2 Å². The molecule has 1 fully saturated rings. The van der Waals surface area contributed by atoms with Crippen molar-refractivity contribution in [1.82, 2.24) is 4.90 Å². The zero-order valence-corrected chi connectivity index (χ0v) is 12.9. The van der Waals surface area contributed by atoms with Gasteiger partial charge in [0.05, 0.1) is 12.2 Å². The molecule has 114 valence electrons. The number of nitrogens with zero attached hydrogens (tertiary/aromatic N) is 1. The van der Waals surface area contributed by atoms with E-state index >= 15 is 0 Å². The van der Waals surface area contributed by atoms with Crippen LogP contribution in [0.15, 0.2) is 24.3 Å². The Balaban J connectivity index is 1.66. The Hall–Kier alpha value is -1.71. The molecule has 1 amide bonds. The van der Waals surface area contributed by atoms with Gasteiger partial charge in [0, 0.05) is 13.1 Å². The van der Waals surface area contributed by atoms with Crippen LogP contribution in [0.2, 0.25) is 0 Å². The Morgan fingerprint density at radius 3 is 2.95 bits per heavy atom. The molecule has 0 bridgehead atoms. The summed E-state index contributed by atoms with van der Waals surface area (Å²) in [6.45, 7) is 6.82. The Morgan fingerprint density at radius 2 is 2.10 bits per heavy atom. The number of carbonyl (C=O) groups excluding carboxylic acids is 1. The minimum atomic E-state index is -0.402. The molecule has 0 aromatic heterocycles. The summed E-state index contributed by atoms with van der Waals surface area (Å²) in [4.78, 5) is 14.7. The van der Waals surface area contributed by atoms with Gasteiger partial charge in [-0.05, 0) is 36.8 Å². The molecule has 0 radical (unpaired) electrons. The lowest BCUT2D eigenvalue weighted by atomic mass is 9.85. The zero-order valence-electron chi connectivity index (χ0n) is 12.9. The highest BCUT2D eigenvalue weighted by Crippen LogP contribution is 2.31. The normalized spacial score (nSPS) is 24.3. The fraction of sp³-hybridized carbons (Fsp3) is 0.588. The summed E-state index contributed by atoms with van der Waals surface area (Å²) in [6, 6.07) is 7.79. The largest absolute Gasteiger partial charge is 0.477 e. The van der Waals surface area contributed by atoms with Crippen molar-refractivity contribution < 1.29 is 9.53 Å². The van der Waals surface area contributed by atoms with Crippen LogP contribution in [-0.2, 0) is 4.79 Å². The number of nitrogens with one attached hydrogen (secondary N) is 1. The molecule has 1 aromatic carbocycles. The van der Waals surface area contributed by atoms with Crippen LogP contribution in [0.3, 0.4) is 0 Å². The molecular formula is C17H24N2O2. The highest BCUT2D eigenvalue weighted by molar-refractivity contribution is 5.83. The first kappa shape index (κ1) is 14.2. The van der Waals surface area contributed by atoms with Crippen molar-refractivity contribution in [1.29, 1.82) is 0 Å².